The summed E-state index contributed by atoms with van der Waals surface area (Å²) in [4.78, 5) is 2.37. The summed E-state index contributed by atoms with van der Waals surface area (Å²) in [6.45, 7) is 0. The summed E-state index contributed by atoms with van der Waals surface area (Å²) in [6.07, 6.45) is 0. The lowest BCUT2D eigenvalue weighted by Gasteiger charge is -2.26. The smallest absolute Gasteiger partial charge is 0.0462 e. The third kappa shape index (κ3) is 6.40. The summed E-state index contributed by atoms with van der Waals surface area (Å²) in [7, 11) is 0. The topological polar surface area (TPSA) is 3.24 Å². The van der Waals surface area contributed by atoms with Crippen molar-refractivity contribution in [3.63, 3.8) is 0 Å². The highest BCUT2D eigenvalue weighted by molar-refractivity contribution is 6.05. The average Bonchev–Trinajstić information content (AvgIpc) is 3.31. The van der Waals surface area contributed by atoms with Crippen molar-refractivity contribution in [3.05, 3.63) is 237 Å². The summed E-state index contributed by atoms with van der Waals surface area (Å²) >= 11 is 0. The van der Waals surface area contributed by atoms with Crippen LogP contribution in [0.3, 0.4) is 0 Å². The highest BCUT2D eigenvalue weighted by atomic mass is 15.1. The molecule has 0 N–H and O–H groups in total. The van der Waals surface area contributed by atoms with Gasteiger partial charge in [0.2, 0.25) is 0 Å². The second-order valence-corrected chi connectivity index (χ2v) is 15.3. The Hall–Kier alpha value is -7.74. The van der Waals surface area contributed by atoms with Gasteiger partial charge in [-0.25, -0.2) is 0 Å². The quantitative estimate of drug-likeness (QED) is 0.157. The Balaban J connectivity index is 1.02. The van der Waals surface area contributed by atoms with E-state index in [1.165, 1.54) is 87.6 Å². The molecule has 0 aromatic heterocycles. The van der Waals surface area contributed by atoms with E-state index in [4.69, 9.17) is 0 Å². The second-order valence-electron chi connectivity index (χ2n) is 15.3. The van der Waals surface area contributed by atoms with E-state index in [9.17, 15) is 0 Å². The van der Waals surface area contributed by atoms with Gasteiger partial charge in [0.15, 0.2) is 0 Å². The Bertz CT molecular complexity index is 3300. The highest BCUT2D eigenvalue weighted by Crippen LogP contribution is 2.42. The van der Waals surface area contributed by atoms with E-state index in [0.29, 0.717) is 0 Å². The zero-order chi connectivity index (χ0) is 39.1. The van der Waals surface area contributed by atoms with Gasteiger partial charge in [0.25, 0.3) is 0 Å². The minimum absolute atomic E-state index is 1.10. The van der Waals surface area contributed by atoms with Gasteiger partial charge < -0.3 is 4.90 Å². The maximum Gasteiger partial charge on any atom is 0.0462 e. The van der Waals surface area contributed by atoms with Crippen LogP contribution in [0.15, 0.2) is 237 Å². The molecule has 1 nitrogen and oxygen atoms in total. The fourth-order valence-corrected chi connectivity index (χ4v) is 8.84. The first kappa shape index (κ1) is 34.5. The molecule has 11 aromatic rings. The lowest BCUT2D eigenvalue weighted by atomic mass is 9.89. The van der Waals surface area contributed by atoms with E-state index in [0.717, 1.165) is 17.1 Å². The summed E-state index contributed by atoms with van der Waals surface area (Å²) in [5, 5.41) is 9.98. The van der Waals surface area contributed by atoms with E-state index in [1.807, 2.05) is 0 Å². The molecule has 0 bridgehead atoms. The van der Waals surface area contributed by atoms with Crippen LogP contribution in [0, 0.1) is 0 Å². The van der Waals surface area contributed by atoms with E-state index >= 15 is 0 Å². The molecular weight excluding hydrogens is 711 g/mol. The fourth-order valence-electron chi connectivity index (χ4n) is 8.84. The molecule has 0 aliphatic carbocycles. The van der Waals surface area contributed by atoms with Crippen molar-refractivity contribution in [3.8, 4) is 44.5 Å². The molecular formula is C58H39N. The fraction of sp³-hybridized carbons (Fsp3) is 0. The predicted molar refractivity (Wildman–Crippen MR) is 253 cm³/mol. The van der Waals surface area contributed by atoms with Gasteiger partial charge in [0, 0.05) is 17.1 Å². The van der Waals surface area contributed by atoms with Crippen molar-refractivity contribution >= 4 is 60.2 Å². The van der Waals surface area contributed by atoms with Crippen molar-refractivity contribution in [2.75, 3.05) is 4.90 Å². The molecule has 0 fully saturated rings. The normalized spacial score (nSPS) is 11.4. The first-order valence-corrected chi connectivity index (χ1v) is 20.3. The van der Waals surface area contributed by atoms with Crippen molar-refractivity contribution in [2.24, 2.45) is 0 Å². The molecule has 0 amide bonds. The molecule has 0 unspecified atom stereocenters. The number of nitrogens with zero attached hydrogens (tertiary/aromatic N) is 1. The summed E-state index contributed by atoms with van der Waals surface area (Å²) in [5.41, 5.74) is 13.0. The van der Waals surface area contributed by atoms with Gasteiger partial charge in [-0.3, -0.25) is 0 Å². The first-order valence-electron chi connectivity index (χ1n) is 20.3. The number of benzene rings is 11. The van der Waals surface area contributed by atoms with Crippen LogP contribution in [0.5, 0.6) is 0 Å². The lowest BCUT2D eigenvalue weighted by molar-refractivity contribution is 1.28. The second kappa shape index (κ2) is 14.6. The van der Waals surface area contributed by atoms with Gasteiger partial charge in [0.1, 0.15) is 0 Å². The molecule has 0 aliphatic rings. The van der Waals surface area contributed by atoms with E-state index in [1.54, 1.807) is 0 Å². The van der Waals surface area contributed by atoms with E-state index < -0.39 is 0 Å². The summed E-state index contributed by atoms with van der Waals surface area (Å²) in [5.74, 6) is 0. The van der Waals surface area contributed by atoms with Crippen LogP contribution in [0.1, 0.15) is 0 Å². The number of fused-ring (bicyclic) bond motifs is 4. The molecule has 0 aliphatic heterocycles. The van der Waals surface area contributed by atoms with Crippen LogP contribution in [-0.2, 0) is 0 Å². The highest BCUT2D eigenvalue weighted by Gasteiger charge is 2.17. The molecule has 0 heterocycles. The Labute approximate surface area is 344 Å². The minimum Gasteiger partial charge on any atom is -0.311 e. The van der Waals surface area contributed by atoms with Crippen molar-refractivity contribution < 1.29 is 0 Å². The van der Waals surface area contributed by atoms with Crippen LogP contribution in [0.25, 0.3) is 87.6 Å². The Morgan fingerprint density at radius 2 is 0.644 bits per heavy atom. The van der Waals surface area contributed by atoms with Crippen LogP contribution < -0.4 is 4.90 Å². The monoisotopic (exact) mass is 749 g/mol. The van der Waals surface area contributed by atoms with Gasteiger partial charge in [0.05, 0.1) is 0 Å². The van der Waals surface area contributed by atoms with Crippen LogP contribution in [0.4, 0.5) is 17.1 Å². The molecule has 276 valence electrons. The number of anilines is 3. The average molecular weight is 750 g/mol. The lowest BCUT2D eigenvalue weighted by Crippen LogP contribution is -2.09. The number of rotatable bonds is 7. The van der Waals surface area contributed by atoms with Crippen molar-refractivity contribution in [2.45, 2.75) is 0 Å². The molecule has 0 spiro atoms. The maximum absolute atomic E-state index is 2.37. The molecule has 11 aromatic carbocycles. The Morgan fingerprint density at radius 3 is 1.27 bits per heavy atom. The van der Waals surface area contributed by atoms with Gasteiger partial charge in [-0.1, -0.05) is 188 Å². The first-order chi connectivity index (χ1) is 29.2. The predicted octanol–water partition coefficient (Wildman–Crippen LogP) is 16.4. The zero-order valence-corrected chi connectivity index (χ0v) is 32.5. The Kier molecular flexibility index (Phi) is 8.56. The number of hydrogen-bond acceptors (Lipinski definition) is 1. The number of hydrogen-bond donors (Lipinski definition) is 0. The van der Waals surface area contributed by atoms with Gasteiger partial charge in [-0.2, -0.15) is 0 Å². The van der Waals surface area contributed by atoms with Crippen molar-refractivity contribution in [1.29, 1.82) is 0 Å². The van der Waals surface area contributed by atoms with Crippen LogP contribution >= 0.6 is 0 Å². The maximum atomic E-state index is 2.37. The minimum atomic E-state index is 1.10. The standard InChI is InChI=1S/C58H39N/c1-3-14-47-38-49(22-20-40(47)10-1)42-24-31-51(32-25-42)59(52-33-26-45(27-34-52)55-19-9-16-43-12-5-7-17-54(43)55)53-35-28-46(29-36-53)58-56-18-8-6-13-44(56)30-37-57(58)50-23-21-41-11-2-4-15-48(41)39-50/h1-39H. The molecule has 11 rings (SSSR count). The SMILES string of the molecule is c1ccc2cc(-c3ccc(N(c4ccc(-c5cccc6ccccc56)cc4)c4ccc(-c5c(-c6ccc7ccccc7c6)ccc6ccccc56)cc4)cc3)ccc2c1. The Morgan fingerprint density at radius 1 is 0.220 bits per heavy atom. The summed E-state index contributed by atoms with van der Waals surface area (Å²) < 4.78 is 0. The van der Waals surface area contributed by atoms with E-state index in [-0.39, 0.29) is 0 Å². The van der Waals surface area contributed by atoms with Crippen LogP contribution in [0.2, 0.25) is 0 Å². The van der Waals surface area contributed by atoms with Crippen molar-refractivity contribution in [1.82, 2.24) is 0 Å². The molecule has 0 saturated heterocycles. The molecule has 59 heavy (non-hydrogen) atoms. The summed E-state index contributed by atoms with van der Waals surface area (Å²) in [6, 6.07) is 86.3. The molecule has 1 heteroatoms. The van der Waals surface area contributed by atoms with Gasteiger partial charge >= 0.3 is 0 Å². The van der Waals surface area contributed by atoms with E-state index in [2.05, 4.69) is 241 Å². The molecule has 0 radical (unpaired) electrons. The largest absolute Gasteiger partial charge is 0.311 e. The van der Waals surface area contributed by atoms with Gasteiger partial charge in [-0.05, 0) is 136 Å². The zero-order valence-electron chi connectivity index (χ0n) is 32.5. The van der Waals surface area contributed by atoms with Crippen LogP contribution in [-0.4, -0.2) is 0 Å². The molecule has 0 atom stereocenters. The van der Waals surface area contributed by atoms with Gasteiger partial charge in [-0.15, -0.1) is 0 Å². The third-order valence-electron chi connectivity index (χ3n) is 11.8. The molecule has 0 saturated carbocycles. The third-order valence-corrected chi connectivity index (χ3v) is 11.8.